The number of hydrogen-bond donors (Lipinski definition) is 3. The fourth-order valence-corrected chi connectivity index (χ4v) is 4.04. The summed E-state index contributed by atoms with van der Waals surface area (Å²) in [4.78, 5) is 28.8. The van der Waals surface area contributed by atoms with Gasteiger partial charge in [-0.05, 0) is 31.1 Å². The number of fused-ring (bicyclic) bond motifs is 1. The predicted octanol–water partition coefficient (Wildman–Crippen LogP) is 0.159. The van der Waals surface area contributed by atoms with Gasteiger partial charge in [-0.25, -0.2) is 9.18 Å². The highest BCUT2D eigenvalue weighted by Crippen LogP contribution is 2.45. The minimum Gasteiger partial charge on any atom is -0.492 e. The maximum absolute atomic E-state index is 15.0. The van der Waals surface area contributed by atoms with E-state index in [0.717, 1.165) is 23.4 Å². The van der Waals surface area contributed by atoms with Gasteiger partial charge < -0.3 is 20.5 Å². The third kappa shape index (κ3) is 2.90. The van der Waals surface area contributed by atoms with Crippen molar-refractivity contribution in [2.24, 2.45) is 11.7 Å². The molecular weight excluding hydrogens is 355 g/mol. The Morgan fingerprint density at radius 2 is 2.15 bits per heavy atom. The summed E-state index contributed by atoms with van der Waals surface area (Å²) in [7, 11) is 1.41. The monoisotopic (exact) mass is 378 g/mol. The molecule has 3 heterocycles. The van der Waals surface area contributed by atoms with Crippen LogP contribution in [-0.4, -0.2) is 47.3 Å². The molecule has 2 atom stereocenters. The van der Waals surface area contributed by atoms with Crippen LogP contribution in [-0.2, 0) is 0 Å². The number of methoxy groups -OCH3 is 1. The van der Waals surface area contributed by atoms with Gasteiger partial charge in [0.05, 0.1) is 19.9 Å². The van der Waals surface area contributed by atoms with Crippen molar-refractivity contribution in [2.45, 2.75) is 31.2 Å². The quantitative estimate of drug-likeness (QED) is 0.683. The summed E-state index contributed by atoms with van der Waals surface area (Å²) < 4.78 is 21.7. The van der Waals surface area contributed by atoms with Gasteiger partial charge in [-0.2, -0.15) is 0 Å². The highest BCUT2D eigenvalue weighted by Gasteiger charge is 2.35. The van der Waals surface area contributed by atoms with Gasteiger partial charge >= 0.3 is 5.69 Å². The van der Waals surface area contributed by atoms with Gasteiger partial charge in [-0.1, -0.05) is 0 Å². The summed E-state index contributed by atoms with van der Waals surface area (Å²) in [5, 5.41) is 9.30. The van der Waals surface area contributed by atoms with Crippen molar-refractivity contribution in [3.8, 4) is 5.75 Å². The third-order valence-corrected chi connectivity index (χ3v) is 5.63. The molecule has 27 heavy (non-hydrogen) atoms. The lowest BCUT2D eigenvalue weighted by atomic mass is 10.0. The van der Waals surface area contributed by atoms with E-state index in [2.05, 4.69) is 4.98 Å². The van der Waals surface area contributed by atoms with Gasteiger partial charge in [0.1, 0.15) is 11.2 Å². The Morgan fingerprint density at radius 1 is 1.41 bits per heavy atom. The second kappa shape index (κ2) is 6.65. The molecule has 2 unspecified atom stereocenters. The van der Waals surface area contributed by atoms with Gasteiger partial charge in [0.15, 0.2) is 11.6 Å². The molecule has 0 amide bonds. The van der Waals surface area contributed by atoms with Crippen LogP contribution in [0, 0.1) is 11.7 Å². The molecule has 8 nitrogen and oxygen atoms in total. The summed E-state index contributed by atoms with van der Waals surface area (Å²) in [6.07, 6.45) is 3.53. The molecule has 2 aromatic heterocycles. The smallest absolute Gasteiger partial charge is 0.333 e. The van der Waals surface area contributed by atoms with Crippen molar-refractivity contribution < 1.29 is 14.2 Å². The largest absolute Gasteiger partial charge is 0.492 e. The lowest BCUT2D eigenvalue weighted by Crippen LogP contribution is -2.36. The van der Waals surface area contributed by atoms with Gasteiger partial charge in [0, 0.05) is 24.7 Å². The zero-order valence-corrected chi connectivity index (χ0v) is 15.1. The first kappa shape index (κ1) is 18.0. The molecule has 1 saturated heterocycles. The van der Waals surface area contributed by atoms with Crippen LogP contribution < -0.4 is 26.6 Å². The molecule has 2 aliphatic rings. The molecule has 0 aromatic carbocycles. The van der Waals surface area contributed by atoms with Gasteiger partial charge in [0.2, 0.25) is 0 Å². The Labute approximate surface area is 154 Å². The number of H-pyrrole nitrogens is 1. The van der Waals surface area contributed by atoms with Crippen LogP contribution in [0.5, 0.6) is 5.75 Å². The van der Waals surface area contributed by atoms with Crippen LogP contribution in [0.3, 0.4) is 0 Å². The van der Waals surface area contributed by atoms with E-state index in [1.54, 1.807) is 0 Å². The number of anilines is 1. The number of aliphatic hydroxyl groups is 1. The number of nitrogens with one attached hydrogen (secondary N) is 1. The summed E-state index contributed by atoms with van der Waals surface area (Å²) in [5.74, 6) is -0.336. The second-order valence-electron chi connectivity index (χ2n) is 7.37. The van der Waals surface area contributed by atoms with Crippen molar-refractivity contribution in [2.75, 3.05) is 31.7 Å². The molecule has 146 valence electrons. The highest BCUT2D eigenvalue weighted by molar-refractivity contribution is 5.78. The van der Waals surface area contributed by atoms with E-state index in [0.29, 0.717) is 30.6 Å². The number of aromatic nitrogens is 2. The molecule has 0 radical (unpaired) electrons. The summed E-state index contributed by atoms with van der Waals surface area (Å²) in [6.45, 7) is 0.887. The average molecular weight is 378 g/mol. The Bertz CT molecular complexity index is 997. The fourth-order valence-electron chi connectivity index (χ4n) is 4.04. The Kier molecular flexibility index (Phi) is 4.43. The van der Waals surface area contributed by atoms with Crippen LogP contribution in [0.25, 0.3) is 5.52 Å². The number of hydrogen-bond acceptors (Lipinski definition) is 6. The van der Waals surface area contributed by atoms with Gasteiger partial charge in [0.25, 0.3) is 5.56 Å². The number of ether oxygens (including phenoxy) is 1. The Hall–Kier alpha value is -2.39. The average Bonchev–Trinajstić information content (AvgIpc) is 3.36. The van der Waals surface area contributed by atoms with E-state index in [1.165, 1.54) is 7.11 Å². The SMILES string of the molecule is COc1c(N2CCC(C(N)CO)C2)c(F)cn2c(=O)[nH]c(=O)c(C3CC3)c12. The molecule has 2 fully saturated rings. The van der Waals surface area contributed by atoms with Crippen molar-refractivity contribution in [1.29, 1.82) is 0 Å². The van der Waals surface area contributed by atoms with Crippen molar-refractivity contribution in [3.63, 3.8) is 0 Å². The molecular formula is C18H23FN4O4. The molecule has 2 aromatic rings. The predicted molar refractivity (Wildman–Crippen MR) is 98.2 cm³/mol. The Balaban J connectivity index is 1.92. The van der Waals surface area contributed by atoms with E-state index in [9.17, 15) is 14.7 Å². The van der Waals surface area contributed by atoms with E-state index < -0.39 is 17.1 Å². The van der Waals surface area contributed by atoms with Crippen molar-refractivity contribution in [3.05, 3.63) is 38.4 Å². The molecule has 0 spiro atoms. The number of nitrogens with zero attached hydrogens (tertiary/aromatic N) is 2. The first-order chi connectivity index (χ1) is 13.0. The fraction of sp³-hybridized carbons (Fsp3) is 0.556. The summed E-state index contributed by atoms with van der Waals surface area (Å²) in [6, 6.07) is -0.378. The Morgan fingerprint density at radius 3 is 2.78 bits per heavy atom. The van der Waals surface area contributed by atoms with Crippen LogP contribution >= 0.6 is 0 Å². The zero-order valence-electron chi connectivity index (χ0n) is 15.1. The minimum absolute atomic E-state index is 0.0274. The molecule has 4 N–H and O–H groups in total. The standard InChI is InChI=1S/C18H23FN4O4/c1-27-16-14(22-5-4-10(6-22)12(20)8-24)11(19)7-23-15(16)13(9-2-3-9)17(25)21-18(23)26/h7,9-10,12,24H,2-6,8,20H2,1H3,(H,21,25,26). The number of halogens is 1. The first-order valence-electron chi connectivity index (χ1n) is 9.12. The number of aliphatic hydroxyl groups excluding tert-OH is 1. The number of nitrogens with two attached hydrogens (primary N) is 1. The molecule has 4 rings (SSSR count). The zero-order chi connectivity index (χ0) is 19.3. The molecule has 0 bridgehead atoms. The van der Waals surface area contributed by atoms with Crippen LogP contribution in [0.4, 0.5) is 10.1 Å². The van der Waals surface area contributed by atoms with Crippen LogP contribution in [0.2, 0.25) is 0 Å². The molecule has 1 aliphatic heterocycles. The highest BCUT2D eigenvalue weighted by atomic mass is 19.1. The first-order valence-corrected chi connectivity index (χ1v) is 9.12. The van der Waals surface area contributed by atoms with Crippen LogP contribution in [0.1, 0.15) is 30.7 Å². The van der Waals surface area contributed by atoms with E-state index in [1.807, 2.05) is 4.90 Å². The number of aromatic amines is 1. The minimum atomic E-state index is -0.690. The molecule has 1 saturated carbocycles. The molecule has 1 aliphatic carbocycles. The van der Waals surface area contributed by atoms with Gasteiger partial charge in [-0.15, -0.1) is 0 Å². The summed E-state index contributed by atoms with van der Waals surface area (Å²) >= 11 is 0. The van der Waals surface area contributed by atoms with Gasteiger partial charge in [-0.3, -0.25) is 14.2 Å². The lowest BCUT2D eigenvalue weighted by Gasteiger charge is -2.24. The lowest BCUT2D eigenvalue weighted by molar-refractivity contribution is 0.233. The topological polar surface area (TPSA) is 113 Å². The van der Waals surface area contributed by atoms with Crippen molar-refractivity contribution in [1.82, 2.24) is 9.38 Å². The number of pyridine rings is 1. The van der Waals surface area contributed by atoms with E-state index in [4.69, 9.17) is 10.5 Å². The van der Waals surface area contributed by atoms with Crippen LogP contribution in [0.15, 0.2) is 15.8 Å². The summed E-state index contributed by atoms with van der Waals surface area (Å²) in [5.41, 5.74) is 5.84. The maximum Gasteiger partial charge on any atom is 0.333 e. The van der Waals surface area contributed by atoms with Crippen molar-refractivity contribution >= 4 is 11.2 Å². The normalized spacial score (nSPS) is 21.0. The maximum atomic E-state index is 15.0. The second-order valence-corrected chi connectivity index (χ2v) is 7.37. The van der Waals surface area contributed by atoms with E-state index >= 15 is 4.39 Å². The van der Waals surface area contributed by atoms with E-state index in [-0.39, 0.29) is 35.9 Å². The third-order valence-electron chi connectivity index (χ3n) is 5.63. The number of rotatable bonds is 5. The molecule has 9 heteroatoms.